The van der Waals surface area contributed by atoms with Crippen molar-refractivity contribution in [1.29, 1.82) is 5.26 Å². The lowest BCUT2D eigenvalue weighted by atomic mass is 9.96. The Balaban J connectivity index is 2.93. The van der Waals surface area contributed by atoms with Crippen molar-refractivity contribution in [3.63, 3.8) is 0 Å². The topological polar surface area (TPSA) is 102 Å². The molecular formula is C12H21N3O4S. The molecule has 1 saturated heterocycles. The SMILES string of the molecule is CCN(CCC#N)S(=O)(=O)N1CC(C(=O)O)CCC1C. The molecule has 0 aromatic heterocycles. The van der Waals surface area contributed by atoms with Crippen LogP contribution in [0.25, 0.3) is 0 Å². The van der Waals surface area contributed by atoms with Gasteiger partial charge in [-0.3, -0.25) is 4.79 Å². The van der Waals surface area contributed by atoms with Crippen LogP contribution in [0.5, 0.6) is 0 Å². The molecule has 0 amide bonds. The van der Waals surface area contributed by atoms with E-state index in [4.69, 9.17) is 10.4 Å². The fourth-order valence-electron chi connectivity index (χ4n) is 2.36. The van der Waals surface area contributed by atoms with Crippen LogP contribution in [0.3, 0.4) is 0 Å². The zero-order chi connectivity index (χ0) is 15.3. The number of nitrogens with zero attached hydrogens (tertiary/aromatic N) is 3. The minimum atomic E-state index is -3.71. The van der Waals surface area contributed by atoms with Gasteiger partial charge in [0.1, 0.15) is 0 Å². The van der Waals surface area contributed by atoms with Crippen molar-refractivity contribution in [3.8, 4) is 6.07 Å². The molecule has 0 aromatic carbocycles. The fourth-order valence-corrected chi connectivity index (χ4v) is 4.23. The third-order valence-corrected chi connectivity index (χ3v) is 5.82. The van der Waals surface area contributed by atoms with Crippen molar-refractivity contribution in [2.45, 2.75) is 39.2 Å². The van der Waals surface area contributed by atoms with Crippen LogP contribution < -0.4 is 0 Å². The van der Waals surface area contributed by atoms with E-state index in [1.54, 1.807) is 13.8 Å². The largest absolute Gasteiger partial charge is 0.481 e. The van der Waals surface area contributed by atoms with Gasteiger partial charge >= 0.3 is 5.97 Å². The van der Waals surface area contributed by atoms with E-state index in [2.05, 4.69) is 0 Å². The van der Waals surface area contributed by atoms with E-state index in [1.807, 2.05) is 6.07 Å². The van der Waals surface area contributed by atoms with Gasteiger partial charge in [0.05, 0.1) is 12.0 Å². The minimum Gasteiger partial charge on any atom is -0.481 e. The second kappa shape index (κ2) is 7.02. The molecule has 114 valence electrons. The van der Waals surface area contributed by atoms with Gasteiger partial charge in [0, 0.05) is 32.1 Å². The van der Waals surface area contributed by atoms with Crippen LogP contribution in [0.15, 0.2) is 0 Å². The molecule has 0 spiro atoms. The summed E-state index contributed by atoms with van der Waals surface area (Å²) in [5.74, 6) is -1.62. The van der Waals surface area contributed by atoms with E-state index >= 15 is 0 Å². The number of carboxylic acids is 1. The van der Waals surface area contributed by atoms with E-state index < -0.39 is 22.1 Å². The first-order valence-corrected chi connectivity index (χ1v) is 8.11. The van der Waals surface area contributed by atoms with Gasteiger partial charge < -0.3 is 5.11 Å². The second-order valence-electron chi connectivity index (χ2n) is 4.94. The molecule has 0 bridgehead atoms. The van der Waals surface area contributed by atoms with Crippen molar-refractivity contribution in [2.75, 3.05) is 19.6 Å². The predicted octanol–water partition coefficient (Wildman–Crippen LogP) is 0.652. The van der Waals surface area contributed by atoms with Crippen molar-refractivity contribution >= 4 is 16.2 Å². The van der Waals surface area contributed by atoms with Gasteiger partial charge in [-0.05, 0) is 19.8 Å². The lowest BCUT2D eigenvalue weighted by Crippen LogP contribution is -2.52. The number of nitriles is 1. The zero-order valence-corrected chi connectivity index (χ0v) is 12.6. The van der Waals surface area contributed by atoms with Crippen molar-refractivity contribution < 1.29 is 18.3 Å². The average molecular weight is 303 g/mol. The summed E-state index contributed by atoms with van der Waals surface area (Å²) < 4.78 is 27.6. The van der Waals surface area contributed by atoms with Crippen LogP contribution in [-0.4, -0.2) is 53.8 Å². The molecule has 1 rings (SSSR count). The van der Waals surface area contributed by atoms with E-state index in [-0.39, 0.29) is 32.1 Å². The Bertz CT molecular complexity index is 485. The summed E-state index contributed by atoms with van der Waals surface area (Å²) in [6.45, 7) is 3.90. The average Bonchev–Trinajstić information content (AvgIpc) is 2.39. The molecule has 0 aromatic rings. The van der Waals surface area contributed by atoms with E-state index in [1.165, 1.54) is 8.61 Å². The third kappa shape index (κ3) is 3.69. The van der Waals surface area contributed by atoms with Crippen LogP contribution in [0.4, 0.5) is 0 Å². The highest BCUT2D eigenvalue weighted by atomic mass is 32.2. The van der Waals surface area contributed by atoms with Crippen LogP contribution >= 0.6 is 0 Å². The number of piperidine rings is 1. The minimum absolute atomic E-state index is 0.00187. The Labute approximate surface area is 120 Å². The number of carbonyl (C=O) groups is 1. The molecule has 1 N–H and O–H groups in total. The number of rotatable bonds is 6. The summed E-state index contributed by atoms with van der Waals surface area (Å²) in [6.07, 6.45) is 1.15. The maximum Gasteiger partial charge on any atom is 0.307 e. The van der Waals surface area contributed by atoms with Gasteiger partial charge in [0.15, 0.2) is 0 Å². The summed E-state index contributed by atoms with van der Waals surface area (Å²) in [5, 5.41) is 17.7. The highest BCUT2D eigenvalue weighted by Crippen LogP contribution is 2.26. The molecule has 8 heteroatoms. The molecular weight excluding hydrogens is 282 g/mol. The Kier molecular flexibility index (Phi) is 5.92. The van der Waals surface area contributed by atoms with Crippen molar-refractivity contribution in [2.24, 2.45) is 5.92 Å². The molecule has 1 aliphatic heterocycles. The molecule has 0 radical (unpaired) electrons. The van der Waals surface area contributed by atoms with Crippen molar-refractivity contribution in [3.05, 3.63) is 0 Å². The molecule has 20 heavy (non-hydrogen) atoms. The van der Waals surface area contributed by atoms with Gasteiger partial charge in [0.2, 0.25) is 0 Å². The van der Waals surface area contributed by atoms with Gasteiger partial charge in [-0.1, -0.05) is 6.92 Å². The standard InChI is InChI=1S/C12H21N3O4S/c1-3-14(8-4-7-13)20(18,19)15-9-11(12(16)17)6-5-10(15)2/h10-11H,3-6,8-9H2,1-2H3,(H,16,17). The summed E-state index contributed by atoms with van der Waals surface area (Å²) in [5.41, 5.74) is 0. The summed E-state index contributed by atoms with van der Waals surface area (Å²) >= 11 is 0. The molecule has 1 aliphatic rings. The number of aliphatic carboxylic acids is 1. The quantitative estimate of drug-likeness (QED) is 0.776. The molecule has 1 fully saturated rings. The number of carboxylic acid groups (broad SMARTS) is 1. The number of hydrogen-bond donors (Lipinski definition) is 1. The van der Waals surface area contributed by atoms with Gasteiger partial charge in [-0.25, -0.2) is 0 Å². The third-order valence-electron chi connectivity index (χ3n) is 3.62. The number of hydrogen-bond acceptors (Lipinski definition) is 4. The van der Waals surface area contributed by atoms with Crippen molar-refractivity contribution in [1.82, 2.24) is 8.61 Å². The lowest BCUT2D eigenvalue weighted by molar-refractivity contribution is -0.143. The Morgan fingerprint density at radius 3 is 2.65 bits per heavy atom. The summed E-state index contributed by atoms with van der Waals surface area (Å²) in [6, 6.07) is 1.71. The maximum atomic E-state index is 12.6. The maximum absolute atomic E-state index is 12.6. The van der Waals surface area contributed by atoms with Gasteiger partial charge in [-0.2, -0.15) is 22.3 Å². The predicted molar refractivity (Wildman–Crippen MR) is 72.9 cm³/mol. The lowest BCUT2D eigenvalue weighted by Gasteiger charge is -2.38. The van der Waals surface area contributed by atoms with Gasteiger partial charge in [-0.15, -0.1) is 0 Å². The normalized spacial score (nSPS) is 24.5. The smallest absolute Gasteiger partial charge is 0.307 e. The van der Waals surface area contributed by atoms with Crippen LogP contribution in [0.2, 0.25) is 0 Å². The molecule has 1 heterocycles. The molecule has 0 saturated carbocycles. The highest BCUT2D eigenvalue weighted by Gasteiger charge is 2.38. The first-order chi connectivity index (χ1) is 9.34. The Hall–Kier alpha value is -1.17. The molecule has 0 aliphatic carbocycles. The fraction of sp³-hybridized carbons (Fsp3) is 0.833. The Morgan fingerprint density at radius 2 is 2.15 bits per heavy atom. The zero-order valence-electron chi connectivity index (χ0n) is 11.8. The summed E-state index contributed by atoms with van der Waals surface area (Å²) in [4.78, 5) is 11.1. The molecule has 2 unspecified atom stereocenters. The van der Waals surface area contributed by atoms with E-state index in [9.17, 15) is 13.2 Å². The first kappa shape index (κ1) is 16.9. The highest BCUT2D eigenvalue weighted by molar-refractivity contribution is 7.86. The van der Waals surface area contributed by atoms with Crippen LogP contribution in [0, 0.1) is 17.2 Å². The second-order valence-corrected chi connectivity index (χ2v) is 6.82. The monoisotopic (exact) mass is 303 g/mol. The van der Waals surface area contributed by atoms with E-state index in [0.717, 1.165) is 0 Å². The first-order valence-electron chi connectivity index (χ1n) is 6.71. The van der Waals surface area contributed by atoms with E-state index in [0.29, 0.717) is 12.8 Å². The van der Waals surface area contributed by atoms with Gasteiger partial charge in [0.25, 0.3) is 10.2 Å². The van der Waals surface area contributed by atoms with Crippen LogP contribution in [-0.2, 0) is 15.0 Å². The molecule has 2 atom stereocenters. The molecule has 7 nitrogen and oxygen atoms in total. The summed E-state index contributed by atoms with van der Waals surface area (Å²) in [7, 11) is -3.71. The Morgan fingerprint density at radius 1 is 1.50 bits per heavy atom. The van der Waals surface area contributed by atoms with Crippen LogP contribution in [0.1, 0.15) is 33.1 Å².